The van der Waals surface area contributed by atoms with Gasteiger partial charge in [-0.2, -0.15) is 0 Å². The van der Waals surface area contributed by atoms with Gasteiger partial charge in [0.15, 0.2) is 0 Å². The average molecular weight is 200 g/mol. The van der Waals surface area contributed by atoms with Gasteiger partial charge < -0.3 is 4.98 Å². The van der Waals surface area contributed by atoms with Crippen LogP contribution in [0.4, 0.5) is 0 Å². The maximum Gasteiger partial charge on any atom is 0.000496 e. The summed E-state index contributed by atoms with van der Waals surface area (Å²) in [6.07, 6.45) is 3.75. The summed E-state index contributed by atoms with van der Waals surface area (Å²) in [7, 11) is 0. The molecular weight excluding hydrogens is 195 g/mol. The summed E-state index contributed by atoms with van der Waals surface area (Å²) < 4.78 is 0. The van der Waals surface area contributed by atoms with Crippen LogP contribution in [0, 0.1) is 0 Å². The number of aromatic nitrogens is 1. The Labute approximate surface area is 95.9 Å². The van der Waals surface area contributed by atoms with Gasteiger partial charge in [-0.15, -0.1) is 0 Å². The Balaban J connectivity index is 0.000000250. The quantitative estimate of drug-likeness (QED) is 0.632. The van der Waals surface area contributed by atoms with E-state index in [4.69, 9.17) is 0 Å². The number of hydrogen-bond acceptors (Lipinski definition) is 0. The van der Waals surface area contributed by atoms with Crippen LogP contribution in [-0.2, 0) is 0 Å². The molecular formula is C4H5CsN. The molecule has 1 nitrogen and oxygen atoms in total. The molecule has 0 spiro atoms. The first-order valence-electron chi connectivity index (χ1n) is 1.58. The molecule has 1 rings (SSSR count). The second kappa shape index (κ2) is 4.49. The molecule has 1 aromatic rings. The van der Waals surface area contributed by atoms with Crippen molar-refractivity contribution in [3.05, 3.63) is 24.5 Å². The van der Waals surface area contributed by atoms with E-state index in [2.05, 4.69) is 4.98 Å². The Morgan fingerprint density at radius 2 is 1.50 bits per heavy atom. The zero-order valence-corrected chi connectivity index (χ0v) is 10.1. The van der Waals surface area contributed by atoms with E-state index >= 15 is 0 Å². The summed E-state index contributed by atoms with van der Waals surface area (Å²) in [6.45, 7) is 0. The third-order valence-electron chi connectivity index (χ3n) is 0.496. The Bertz CT molecular complexity index is 64.0. The Kier molecular flexibility index (Phi) is 5.49. The fourth-order valence-electron chi connectivity index (χ4n) is 0.278. The van der Waals surface area contributed by atoms with E-state index in [9.17, 15) is 0 Å². The second-order valence-corrected chi connectivity index (χ2v) is 0.885. The number of H-pyrrole nitrogens is 1. The van der Waals surface area contributed by atoms with Crippen LogP contribution in [-0.4, -0.2) is 73.9 Å². The Morgan fingerprint density at radius 3 is 1.67 bits per heavy atom. The van der Waals surface area contributed by atoms with E-state index in [1.54, 1.807) is 0 Å². The first-order chi connectivity index (χ1) is 2.50. The van der Waals surface area contributed by atoms with E-state index in [0.29, 0.717) is 0 Å². The van der Waals surface area contributed by atoms with Gasteiger partial charge in [-0.3, -0.25) is 0 Å². The molecule has 0 bridgehead atoms. The summed E-state index contributed by atoms with van der Waals surface area (Å²) in [4.78, 5) is 2.86. The van der Waals surface area contributed by atoms with Crippen LogP contribution in [0.25, 0.3) is 0 Å². The molecule has 6 heavy (non-hydrogen) atoms. The fourth-order valence-corrected chi connectivity index (χ4v) is 0.278. The van der Waals surface area contributed by atoms with Crippen molar-refractivity contribution in [3.8, 4) is 0 Å². The minimum absolute atomic E-state index is 0. The minimum Gasteiger partial charge on any atom is -0.368 e. The van der Waals surface area contributed by atoms with Crippen molar-refractivity contribution in [1.82, 2.24) is 4.98 Å². The smallest absolute Gasteiger partial charge is 0.000496 e. The van der Waals surface area contributed by atoms with Gasteiger partial charge in [-0.25, -0.2) is 0 Å². The Morgan fingerprint density at radius 1 is 1.00 bits per heavy atom. The van der Waals surface area contributed by atoms with Crippen molar-refractivity contribution in [1.29, 1.82) is 0 Å². The molecule has 27 valence electrons. The van der Waals surface area contributed by atoms with E-state index in [1.807, 2.05) is 24.5 Å². The van der Waals surface area contributed by atoms with Crippen LogP contribution in [0.15, 0.2) is 24.5 Å². The molecule has 1 radical (unpaired) electrons. The molecule has 2 heteroatoms. The third-order valence-corrected chi connectivity index (χ3v) is 0.496. The van der Waals surface area contributed by atoms with Crippen LogP contribution >= 0.6 is 0 Å². The third kappa shape index (κ3) is 2.50. The first kappa shape index (κ1) is 7.33. The van der Waals surface area contributed by atoms with E-state index in [0.717, 1.165) is 0 Å². The van der Waals surface area contributed by atoms with Crippen molar-refractivity contribution in [2.24, 2.45) is 0 Å². The van der Waals surface area contributed by atoms with Gasteiger partial charge in [-0.1, -0.05) is 0 Å². The standard InChI is InChI=1S/C4H5N.Cs/c1-2-4-5-3-1;/h1-5H;. The zero-order valence-electron chi connectivity index (χ0n) is 3.81. The van der Waals surface area contributed by atoms with Crippen molar-refractivity contribution in [3.63, 3.8) is 0 Å². The normalized spacial score (nSPS) is 6.67. The molecule has 0 aromatic carbocycles. The van der Waals surface area contributed by atoms with Gasteiger partial charge in [0.2, 0.25) is 0 Å². The molecule has 1 heterocycles. The maximum absolute atomic E-state index is 2.86. The molecule has 0 saturated carbocycles. The maximum atomic E-state index is 2.86. The molecule has 0 unspecified atom stereocenters. The molecule has 0 aliphatic carbocycles. The number of rotatable bonds is 0. The van der Waals surface area contributed by atoms with E-state index in [-0.39, 0.29) is 68.9 Å². The minimum atomic E-state index is 0. The number of hydrogen-bond donors (Lipinski definition) is 1. The summed E-state index contributed by atoms with van der Waals surface area (Å²) in [5, 5.41) is 0. The largest absolute Gasteiger partial charge is 0.368 e. The van der Waals surface area contributed by atoms with Crippen LogP contribution in [0.1, 0.15) is 0 Å². The molecule has 0 fully saturated rings. The van der Waals surface area contributed by atoms with Gasteiger partial charge in [-0.05, 0) is 12.1 Å². The zero-order chi connectivity index (χ0) is 3.54. The van der Waals surface area contributed by atoms with Crippen LogP contribution < -0.4 is 0 Å². The summed E-state index contributed by atoms with van der Waals surface area (Å²) >= 11 is 0. The summed E-state index contributed by atoms with van der Waals surface area (Å²) in [5.74, 6) is 0. The van der Waals surface area contributed by atoms with Crippen LogP contribution in [0.2, 0.25) is 0 Å². The molecule has 1 aromatic heterocycles. The predicted molar refractivity (Wildman–Crippen MR) is 26.5 cm³/mol. The van der Waals surface area contributed by atoms with Crippen molar-refractivity contribution >= 4 is 68.9 Å². The van der Waals surface area contributed by atoms with Crippen LogP contribution in [0.3, 0.4) is 0 Å². The van der Waals surface area contributed by atoms with Gasteiger partial charge in [0.1, 0.15) is 0 Å². The molecule has 0 aliphatic heterocycles. The molecule has 0 amide bonds. The topological polar surface area (TPSA) is 15.8 Å². The molecule has 0 saturated heterocycles. The molecule has 0 aliphatic rings. The van der Waals surface area contributed by atoms with Gasteiger partial charge in [0, 0.05) is 81.3 Å². The SMILES string of the molecule is [Cs].c1cc[nH]c1. The van der Waals surface area contributed by atoms with Gasteiger partial charge in [0.05, 0.1) is 0 Å². The van der Waals surface area contributed by atoms with E-state index < -0.39 is 0 Å². The van der Waals surface area contributed by atoms with Crippen molar-refractivity contribution in [2.45, 2.75) is 0 Å². The van der Waals surface area contributed by atoms with Crippen molar-refractivity contribution in [2.75, 3.05) is 0 Å². The monoisotopic (exact) mass is 200 g/mol. The van der Waals surface area contributed by atoms with Crippen molar-refractivity contribution < 1.29 is 0 Å². The number of aromatic amines is 1. The van der Waals surface area contributed by atoms with Gasteiger partial charge >= 0.3 is 0 Å². The average Bonchev–Trinajstić information content (AvgIpc) is 1.76. The van der Waals surface area contributed by atoms with E-state index in [1.165, 1.54) is 0 Å². The molecule has 0 atom stereocenters. The number of nitrogens with one attached hydrogen (secondary N) is 1. The predicted octanol–water partition coefficient (Wildman–Crippen LogP) is 0.634. The summed E-state index contributed by atoms with van der Waals surface area (Å²) in [5.41, 5.74) is 0. The Hall–Kier alpha value is 1.33. The van der Waals surface area contributed by atoms with Crippen LogP contribution in [0.5, 0.6) is 0 Å². The fraction of sp³-hybridized carbons (Fsp3) is 0. The first-order valence-corrected chi connectivity index (χ1v) is 1.58. The second-order valence-electron chi connectivity index (χ2n) is 0.885. The summed E-state index contributed by atoms with van der Waals surface area (Å²) in [6, 6.07) is 3.89. The molecule has 1 N–H and O–H groups in total. The van der Waals surface area contributed by atoms with Gasteiger partial charge in [0.25, 0.3) is 0 Å².